The van der Waals surface area contributed by atoms with Crippen molar-refractivity contribution in [2.45, 2.75) is 82.7 Å². The van der Waals surface area contributed by atoms with E-state index in [1.54, 1.807) is 0 Å². The first kappa shape index (κ1) is 15.1. The molecule has 0 heterocycles. The smallest absolute Gasteiger partial charge is 0.230 e. The van der Waals surface area contributed by atoms with E-state index in [9.17, 15) is 4.79 Å². The van der Waals surface area contributed by atoms with Gasteiger partial charge in [-0.3, -0.25) is 4.79 Å². The van der Waals surface area contributed by atoms with Crippen LogP contribution >= 0.6 is 0 Å². The SMILES string of the molecule is N/C(CC(=O)N(C1CCCCC1)C1CCCCC1)=N\O. The van der Waals surface area contributed by atoms with E-state index in [0.29, 0.717) is 12.1 Å². The number of nitrogens with two attached hydrogens (primary N) is 1. The molecule has 2 fully saturated rings. The summed E-state index contributed by atoms with van der Waals surface area (Å²) in [6, 6.07) is 0.733. The summed E-state index contributed by atoms with van der Waals surface area (Å²) in [4.78, 5) is 14.7. The topological polar surface area (TPSA) is 78.9 Å². The fourth-order valence-corrected chi connectivity index (χ4v) is 3.71. The molecule has 0 radical (unpaired) electrons. The average molecular weight is 281 g/mol. The zero-order valence-corrected chi connectivity index (χ0v) is 12.3. The van der Waals surface area contributed by atoms with Gasteiger partial charge in [0.15, 0.2) is 0 Å². The molecule has 2 aliphatic rings. The molecule has 5 heteroatoms. The van der Waals surface area contributed by atoms with Gasteiger partial charge in [-0.05, 0) is 25.7 Å². The molecule has 20 heavy (non-hydrogen) atoms. The van der Waals surface area contributed by atoms with Crippen molar-refractivity contribution in [2.24, 2.45) is 10.9 Å². The zero-order chi connectivity index (χ0) is 14.4. The Bertz CT molecular complexity index is 327. The monoisotopic (exact) mass is 281 g/mol. The van der Waals surface area contributed by atoms with Gasteiger partial charge in [-0.25, -0.2) is 0 Å². The molecule has 0 saturated heterocycles. The lowest BCUT2D eigenvalue weighted by atomic mass is 9.88. The number of amidine groups is 1. The van der Waals surface area contributed by atoms with Crippen LogP contribution in [0.15, 0.2) is 5.16 Å². The van der Waals surface area contributed by atoms with Gasteiger partial charge in [-0.2, -0.15) is 0 Å². The van der Waals surface area contributed by atoms with Crippen LogP contribution in [-0.2, 0) is 4.79 Å². The second-order valence-corrected chi connectivity index (χ2v) is 6.15. The van der Waals surface area contributed by atoms with Crippen molar-refractivity contribution >= 4 is 11.7 Å². The Kier molecular flexibility index (Phi) is 5.68. The Morgan fingerprint density at radius 2 is 1.45 bits per heavy atom. The summed E-state index contributed by atoms with van der Waals surface area (Å²) in [5.41, 5.74) is 5.52. The third-order valence-electron chi connectivity index (χ3n) is 4.68. The highest BCUT2D eigenvalue weighted by atomic mass is 16.4. The van der Waals surface area contributed by atoms with Crippen molar-refractivity contribution in [3.63, 3.8) is 0 Å². The minimum atomic E-state index is 0.0200. The van der Waals surface area contributed by atoms with Gasteiger partial charge in [0.05, 0.1) is 6.42 Å². The third kappa shape index (κ3) is 3.87. The van der Waals surface area contributed by atoms with Gasteiger partial charge in [0.25, 0.3) is 0 Å². The molecule has 2 aliphatic carbocycles. The van der Waals surface area contributed by atoms with E-state index in [2.05, 4.69) is 10.1 Å². The molecule has 2 rings (SSSR count). The van der Waals surface area contributed by atoms with Crippen molar-refractivity contribution in [1.82, 2.24) is 4.90 Å². The van der Waals surface area contributed by atoms with Crippen LogP contribution in [0, 0.1) is 0 Å². The molecule has 5 nitrogen and oxygen atoms in total. The van der Waals surface area contributed by atoms with Crippen LogP contribution in [0.1, 0.15) is 70.6 Å². The van der Waals surface area contributed by atoms with E-state index in [0.717, 1.165) is 25.7 Å². The van der Waals surface area contributed by atoms with Gasteiger partial charge in [0.2, 0.25) is 5.91 Å². The summed E-state index contributed by atoms with van der Waals surface area (Å²) in [7, 11) is 0. The Hall–Kier alpha value is -1.26. The molecule has 0 unspecified atom stereocenters. The maximum Gasteiger partial charge on any atom is 0.230 e. The standard InChI is InChI=1S/C15H27N3O2/c16-14(17-20)11-15(19)18(12-7-3-1-4-8-12)13-9-5-2-6-10-13/h12-13,20H,1-11H2,(H2,16,17). The molecule has 0 aromatic rings. The number of oxime groups is 1. The molecule has 114 valence electrons. The molecule has 0 spiro atoms. The molecular weight excluding hydrogens is 254 g/mol. The van der Waals surface area contributed by atoms with Crippen LogP contribution in [0.5, 0.6) is 0 Å². The van der Waals surface area contributed by atoms with Gasteiger partial charge in [0, 0.05) is 12.1 Å². The van der Waals surface area contributed by atoms with Crippen LogP contribution in [-0.4, -0.2) is 33.9 Å². The number of amides is 1. The van der Waals surface area contributed by atoms with E-state index in [4.69, 9.17) is 10.9 Å². The number of carbonyl (C=O) groups excluding carboxylic acids is 1. The first-order valence-electron chi connectivity index (χ1n) is 8.00. The lowest BCUT2D eigenvalue weighted by Gasteiger charge is -2.41. The Morgan fingerprint density at radius 3 is 1.85 bits per heavy atom. The van der Waals surface area contributed by atoms with Gasteiger partial charge in [-0.1, -0.05) is 43.7 Å². The molecule has 1 amide bonds. The second-order valence-electron chi connectivity index (χ2n) is 6.15. The van der Waals surface area contributed by atoms with Gasteiger partial charge < -0.3 is 15.8 Å². The van der Waals surface area contributed by atoms with E-state index in [1.165, 1.54) is 38.5 Å². The van der Waals surface area contributed by atoms with Crippen molar-refractivity contribution in [2.75, 3.05) is 0 Å². The molecule has 0 aliphatic heterocycles. The van der Waals surface area contributed by atoms with Crippen LogP contribution < -0.4 is 5.73 Å². The lowest BCUT2D eigenvalue weighted by molar-refractivity contribution is -0.136. The first-order valence-corrected chi connectivity index (χ1v) is 8.00. The Labute approximate surface area is 121 Å². The molecule has 0 bridgehead atoms. The number of nitrogens with zero attached hydrogens (tertiary/aromatic N) is 2. The van der Waals surface area contributed by atoms with Crippen LogP contribution in [0.3, 0.4) is 0 Å². The molecule has 2 saturated carbocycles. The minimum absolute atomic E-state index is 0.0200. The Morgan fingerprint density at radius 1 is 1.00 bits per heavy atom. The predicted octanol–water partition coefficient (Wildman–Crippen LogP) is 2.62. The van der Waals surface area contributed by atoms with Crippen LogP contribution in [0.2, 0.25) is 0 Å². The van der Waals surface area contributed by atoms with Crippen molar-refractivity contribution in [1.29, 1.82) is 0 Å². The van der Waals surface area contributed by atoms with E-state index in [1.807, 2.05) is 0 Å². The highest BCUT2D eigenvalue weighted by Crippen LogP contribution is 2.30. The quantitative estimate of drug-likeness (QED) is 0.360. The van der Waals surface area contributed by atoms with Gasteiger partial charge in [-0.15, -0.1) is 0 Å². The maximum atomic E-state index is 12.6. The van der Waals surface area contributed by atoms with Crippen LogP contribution in [0.4, 0.5) is 0 Å². The molecule has 3 N–H and O–H groups in total. The first-order chi connectivity index (χ1) is 9.72. The summed E-state index contributed by atoms with van der Waals surface area (Å²) < 4.78 is 0. The summed E-state index contributed by atoms with van der Waals surface area (Å²) in [6.45, 7) is 0. The van der Waals surface area contributed by atoms with Crippen LogP contribution in [0.25, 0.3) is 0 Å². The average Bonchev–Trinajstić information content (AvgIpc) is 2.49. The summed E-state index contributed by atoms with van der Waals surface area (Å²) >= 11 is 0. The lowest BCUT2D eigenvalue weighted by Crippen LogP contribution is -2.49. The summed E-state index contributed by atoms with van der Waals surface area (Å²) in [5.74, 6) is 0.0609. The number of carbonyl (C=O) groups is 1. The highest BCUT2D eigenvalue weighted by Gasteiger charge is 2.32. The predicted molar refractivity (Wildman–Crippen MR) is 78.6 cm³/mol. The highest BCUT2D eigenvalue weighted by molar-refractivity contribution is 5.98. The molecule has 0 aromatic heterocycles. The minimum Gasteiger partial charge on any atom is -0.409 e. The van der Waals surface area contributed by atoms with Gasteiger partial charge >= 0.3 is 0 Å². The van der Waals surface area contributed by atoms with Crippen molar-refractivity contribution < 1.29 is 10.0 Å². The summed E-state index contributed by atoms with van der Waals surface area (Å²) in [5, 5.41) is 11.6. The third-order valence-corrected chi connectivity index (χ3v) is 4.68. The Balaban J connectivity index is 2.07. The fraction of sp³-hybridized carbons (Fsp3) is 0.867. The zero-order valence-electron chi connectivity index (χ0n) is 12.3. The number of hydrogen-bond acceptors (Lipinski definition) is 3. The largest absolute Gasteiger partial charge is 0.409 e. The van der Waals surface area contributed by atoms with E-state index >= 15 is 0 Å². The number of hydrogen-bond donors (Lipinski definition) is 2. The molecule has 0 aromatic carbocycles. The number of rotatable bonds is 4. The second kappa shape index (κ2) is 7.50. The van der Waals surface area contributed by atoms with Crippen molar-refractivity contribution in [3.05, 3.63) is 0 Å². The van der Waals surface area contributed by atoms with E-state index in [-0.39, 0.29) is 18.2 Å². The van der Waals surface area contributed by atoms with Gasteiger partial charge in [0.1, 0.15) is 5.84 Å². The van der Waals surface area contributed by atoms with E-state index < -0.39 is 0 Å². The molecular formula is C15H27N3O2. The van der Waals surface area contributed by atoms with Crippen molar-refractivity contribution in [3.8, 4) is 0 Å². The maximum absolute atomic E-state index is 12.6. The summed E-state index contributed by atoms with van der Waals surface area (Å²) in [6.07, 6.45) is 11.9. The normalized spacial score (nSPS) is 22.7. The fourth-order valence-electron chi connectivity index (χ4n) is 3.71. The molecule has 0 atom stereocenters.